The lowest BCUT2D eigenvalue weighted by molar-refractivity contribution is 0.0732. The van der Waals surface area contributed by atoms with Gasteiger partial charge in [-0.25, -0.2) is 9.98 Å². The van der Waals surface area contributed by atoms with Gasteiger partial charge in [0.2, 0.25) is 0 Å². The predicted molar refractivity (Wildman–Crippen MR) is 102 cm³/mol. The van der Waals surface area contributed by atoms with Crippen molar-refractivity contribution in [1.29, 1.82) is 0 Å². The number of rotatable bonds is 8. The van der Waals surface area contributed by atoms with Gasteiger partial charge in [0.25, 0.3) is 0 Å². The third kappa shape index (κ3) is 5.91. The average Bonchev–Trinajstić information content (AvgIpc) is 2.88. The first kappa shape index (κ1) is 20.1. The third-order valence-electron chi connectivity index (χ3n) is 4.41. The Labute approximate surface area is 155 Å². The Bertz CT molecular complexity index is 486. The van der Waals surface area contributed by atoms with E-state index in [9.17, 15) is 0 Å². The Morgan fingerprint density at radius 1 is 1.43 bits per heavy atom. The van der Waals surface area contributed by atoms with E-state index in [4.69, 9.17) is 4.74 Å². The lowest BCUT2D eigenvalue weighted by Crippen LogP contribution is -2.47. The minimum atomic E-state index is 0. The second kappa shape index (κ2) is 10.1. The maximum atomic E-state index is 5.25. The first-order chi connectivity index (χ1) is 10.7. The van der Waals surface area contributed by atoms with Gasteiger partial charge < -0.3 is 15.4 Å². The van der Waals surface area contributed by atoms with Gasteiger partial charge in [-0.3, -0.25) is 4.68 Å². The quantitative estimate of drug-likeness (QED) is 0.369. The summed E-state index contributed by atoms with van der Waals surface area (Å²) in [5.74, 6) is 1.70. The highest BCUT2D eigenvalue weighted by Crippen LogP contribution is 2.43. The zero-order chi connectivity index (χ0) is 15.8. The zero-order valence-electron chi connectivity index (χ0n) is 14.3. The molecule has 0 saturated heterocycles. The van der Waals surface area contributed by atoms with Crippen molar-refractivity contribution in [3.8, 4) is 0 Å². The molecule has 23 heavy (non-hydrogen) atoms. The van der Waals surface area contributed by atoms with Gasteiger partial charge in [0, 0.05) is 33.9 Å². The van der Waals surface area contributed by atoms with Crippen LogP contribution in [0.4, 0.5) is 0 Å². The summed E-state index contributed by atoms with van der Waals surface area (Å²) in [6.07, 6.45) is 6.52. The molecule has 1 aliphatic rings. The van der Waals surface area contributed by atoms with E-state index in [-0.39, 0.29) is 24.0 Å². The molecule has 0 unspecified atom stereocenters. The minimum Gasteiger partial charge on any atom is -0.385 e. The van der Waals surface area contributed by atoms with E-state index in [1.165, 1.54) is 19.3 Å². The molecule has 8 heteroatoms. The SMILES string of the molecule is CCNC(=NCc1ncnn1C)NCC1(CCOC)CCC1.I. The summed E-state index contributed by atoms with van der Waals surface area (Å²) in [5, 5.41) is 10.8. The van der Waals surface area contributed by atoms with Crippen molar-refractivity contribution in [3.05, 3.63) is 12.2 Å². The van der Waals surface area contributed by atoms with Gasteiger partial charge in [-0.1, -0.05) is 6.42 Å². The van der Waals surface area contributed by atoms with Gasteiger partial charge >= 0.3 is 0 Å². The van der Waals surface area contributed by atoms with Crippen LogP contribution in [0.5, 0.6) is 0 Å². The summed E-state index contributed by atoms with van der Waals surface area (Å²) in [6, 6.07) is 0. The van der Waals surface area contributed by atoms with Gasteiger partial charge in [0.1, 0.15) is 18.7 Å². The number of guanidine groups is 1. The van der Waals surface area contributed by atoms with E-state index >= 15 is 0 Å². The first-order valence-electron chi connectivity index (χ1n) is 8.03. The van der Waals surface area contributed by atoms with Crippen LogP contribution in [-0.2, 0) is 18.3 Å². The van der Waals surface area contributed by atoms with Crippen LogP contribution >= 0.6 is 24.0 Å². The van der Waals surface area contributed by atoms with Crippen LogP contribution in [0.2, 0.25) is 0 Å². The van der Waals surface area contributed by atoms with Crippen LogP contribution in [0.1, 0.15) is 38.4 Å². The third-order valence-corrected chi connectivity index (χ3v) is 4.41. The topological polar surface area (TPSA) is 76.4 Å². The number of nitrogens with zero attached hydrogens (tertiary/aromatic N) is 4. The monoisotopic (exact) mass is 436 g/mol. The van der Waals surface area contributed by atoms with Crippen LogP contribution < -0.4 is 10.6 Å². The molecule has 0 aliphatic heterocycles. The number of nitrogens with one attached hydrogen (secondary N) is 2. The van der Waals surface area contributed by atoms with Crippen molar-refractivity contribution >= 4 is 29.9 Å². The molecular weight excluding hydrogens is 407 g/mol. The fourth-order valence-electron chi connectivity index (χ4n) is 2.74. The maximum Gasteiger partial charge on any atom is 0.191 e. The van der Waals surface area contributed by atoms with Gasteiger partial charge in [0.15, 0.2) is 5.96 Å². The minimum absolute atomic E-state index is 0. The number of aliphatic imine (C=N–C) groups is 1. The lowest BCUT2D eigenvalue weighted by atomic mass is 9.67. The van der Waals surface area contributed by atoms with Crippen molar-refractivity contribution in [1.82, 2.24) is 25.4 Å². The van der Waals surface area contributed by atoms with E-state index < -0.39 is 0 Å². The van der Waals surface area contributed by atoms with Gasteiger partial charge in [-0.2, -0.15) is 5.10 Å². The van der Waals surface area contributed by atoms with Crippen LogP contribution in [0.15, 0.2) is 11.3 Å². The average molecular weight is 436 g/mol. The second-order valence-corrected chi connectivity index (χ2v) is 5.94. The smallest absolute Gasteiger partial charge is 0.191 e. The van der Waals surface area contributed by atoms with E-state index in [1.54, 1.807) is 18.1 Å². The molecule has 7 nitrogen and oxygen atoms in total. The molecule has 0 atom stereocenters. The molecule has 1 aromatic rings. The van der Waals surface area contributed by atoms with E-state index in [0.717, 1.165) is 37.9 Å². The summed E-state index contributed by atoms with van der Waals surface area (Å²) in [4.78, 5) is 8.80. The van der Waals surface area contributed by atoms with Crippen LogP contribution in [-0.4, -0.2) is 47.5 Å². The van der Waals surface area contributed by atoms with Crippen LogP contribution in [0.3, 0.4) is 0 Å². The highest BCUT2D eigenvalue weighted by molar-refractivity contribution is 14.0. The molecule has 0 bridgehead atoms. The van der Waals surface area contributed by atoms with Gasteiger partial charge in [0.05, 0.1) is 0 Å². The number of hydrogen-bond donors (Lipinski definition) is 2. The highest BCUT2D eigenvalue weighted by atomic mass is 127. The standard InChI is InChI=1S/C15H28N6O.HI/c1-4-16-14(17-10-13-19-12-20-21(13)2)18-11-15(6-5-7-15)8-9-22-3;/h12H,4-11H2,1-3H3,(H2,16,17,18);1H. The molecule has 1 saturated carbocycles. The zero-order valence-corrected chi connectivity index (χ0v) is 16.7. The van der Waals surface area contributed by atoms with E-state index in [1.807, 2.05) is 7.05 Å². The summed E-state index contributed by atoms with van der Waals surface area (Å²) in [5.41, 5.74) is 0.372. The molecule has 2 rings (SSSR count). The van der Waals surface area contributed by atoms with Crippen molar-refractivity contribution in [2.75, 3.05) is 26.8 Å². The largest absolute Gasteiger partial charge is 0.385 e. The van der Waals surface area contributed by atoms with Gasteiger partial charge in [-0.15, -0.1) is 24.0 Å². The Morgan fingerprint density at radius 2 is 2.22 bits per heavy atom. The normalized spacial score (nSPS) is 16.4. The van der Waals surface area contributed by atoms with Crippen LogP contribution in [0, 0.1) is 5.41 Å². The Kier molecular flexibility index (Phi) is 8.82. The highest BCUT2D eigenvalue weighted by Gasteiger charge is 2.36. The number of aryl methyl sites for hydroxylation is 1. The molecule has 0 amide bonds. The lowest BCUT2D eigenvalue weighted by Gasteiger charge is -2.42. The van der Waals surface area contributed by atoms with Crippen molar-refractivity contribution in [3.63, 3.8) is 0 Å². The maximum absolute atomic E-state index is 5.25. The number of methoxy groups -OCH3 is 1. The summed E-state index contributed by atoms with van der Waals surface area (Å²) >= 11 is 0. The van der Waals surface area contributed by atoms with E-state index in [2.05, 4.69) is 32.6 Å². The van der Waals surface area contributed by atoms with Gasteiger partial charge in [-0.05, 0) is 31.6 Å². The number of hydrogen-bond acceptors (Lipinski definition) is 4. The summed E-state index contributed by atoms with van der Waals surface area (Å²) < 4.78 is 6.99. The van der Waals surface area contributed by atoms with Crippen molar-refractivity contribution in [2.45, 2.75) is 39.2 Å². The molecule has 1 aliphatic carbocycles. The molecule has 1 aromatic heterocycles. The second-order valence-electron chi connectivity index (χ2n) is 5.94. The molecular formula is C15H29IN6O. The fourth-order valence-corrected chi connectivity index (χ4v) is 2.74. The first-order valence-corrected chi connectivity index (χ1v) is 8.03. The number of ether oxygens (including phenoxy) is 1. The summed E-state index contributed by atoms with van der Waals surface area (Å²) in [7, 11) is 3.65. The Morgan fingerprint density at radius 3 is 2.74 bits per heavy atom. The predicted octanol–water partition coefficient (Wildman–Crippen LogP) is 1.69. The molecule has 0 spiro atoms. The van der Waals surface area contributed by atoms with Crippen molar-refractivity contribution in [2.24, 2.45) is 17.5 Å². The van der Waals surface area contributed by atoms with Crippen LogP contribution in [0.25, 0.3) is 0 Å². The molecule has 0 aromatic carbocycles. The molecule has 2 N–H and O–H groups in total. The summed E-state index contributed by atoms with van der Waals surface area (Å²) in [6.45, 7) is 5.21. The number of aromatic nitrogens is 3. The van der Waals surface area contributed by atoms with E-state index in [0.29, 0.717) is 12.0 Å². The molecule has 0 radical (unpaired) electrons. The Hall–Kier alpha value is -0.900. The number of halogens is 1. The fraction of sp³-hybridized carbons (Fsp3) is 0.800. The molecule has 1 heterocycles. The molecule has 1 fully saturated rings. The van der Waals surface area contributed by atoms with Crippen molar-refractivity contribution < 1.29 is 4.74 Å². The Balaban J connectivity index is 0.00000264. The molecule has 132 valence electrons.